The molecule has 0 bridgehead atoms. The highest BCUT2D eigenvalue weighted by Crippen LogP contribution is 2.29. The van der Waals surface area contributed by atoms with Gasteiger partial charge in [-0.05, 0) is 74.7 Å². The fourth-order valence-electron chi connectivity index (χ4n) is 4.81. The topological polar surface area (TPSA) is 68.9 Å². The van der Waals surface area contributed by atoms with Crippen LogP contribution in [0.4, 0.5) is 15.9 Å². The molecule has 1 aromatic heterocycles. The maximum Gasteiger partial charge on any atom is 0.149 e. The Kier molecular flexibility index (Phi) is 7.55. The van der Waals surface area contributed by atoms with Crippen LogP contribution in [0.15, 0.2) is 48.5 Å². The molecule has 0 radical (unpaired) electrons. The van der Waals surface area contributed by atoms with Gasteiger partial charge in [-0.3, -0.25) is 0 Å². The Morgan fingerprint density at radius 2 is 1.86 bits per heavy atom. The first-order chi connectivity index (χ1) is 17.2. The average Bonchev–Trinajstić information content (AvgIpc) is 3.15. The van der Waals surface area contributed by atoms with Crippen LogP contribution in [0.3, 0.4) is 0 Å². The lowest BCUT2D eigenvalue weighted by Gasteiger charge is -2.28. The van der Waals surface area contributed by atoms with E-state index in [1.165, 1.54) is 30.7 Å². The van der Waals surface area contributed by atoms with Crippen molar-refractivity contribution >= 4 is 23.3 Å². The van der Waals surface area contributed by atoms with Gasteiger partial charge >= 0.3 is 0 Å². The number of hydrogen-bond donors (Lipinski definition) is 2. The molecule has 2 aromatic carbocycles. The van der Waals surface area contributed by atoms with Crippen molar-refractivity contribution in [2.75, 3.05) is 54.4 Å². The van der Waals surface area contributed by atoms with Crippen LogP contribution in [0.2, 0.25) is 0 Å². The number of nitrogens with one attached hydrogen (secondary N) is 2. The molecule has 0 aliphatic carbocycles. The van der Waals surface area contributed by atoms with Crippen molar-refractivity contribution in [3.05, 3.63) is 59.9 Å². The van der Waals surface area contributed by atoms with Gasteiger partial charge in [0.2, 0.25) is 0 Å². The molecule has 8 heteroatoms. The van der Waals surface area contributed by atoms with Crippen molar-refractivity contribution in [2.24, 2.45) is 5.92 Å². The van der Waals surface area contributed by atoms with Gasteiger partial charge in [0, 0.05) is 48.5 Å². The van der Waals surface area contributed by atoms with E-state index in [9.17, 15) is 4.39 Å². The highest BCUT2D eigenvalue weighted by atomic mass is 32.2. The monoisotopic (exact) mass is 490 g/mol. The first-order valence-corrected chi connectivity index (χ1v) is 13.5. The van der Waals surface area contributed by atoms with Crippen molar-refractivity contribution < 1.29 is 4.39 Å². The fraction of sp³-hybridized carbons (Fsp3) is 0.407. The molecule has 6 nitrogen and oxygen atoms in total. The SMILES string of the molecule is N#Cc1ccc(-c2cc(NC[C@@H]3CCCNCC3)nn2-c2ccc(N3CCSCC3)cc2)cc1F. The molecule has 3 aromatic rings. The summed E-state index contributed by atoms with van der Waals surface area (Å²) >= 11 is 2.00. The fourth-order valence-corrected chi connectivity index (χ4v) is 5.71. The van der Waals surface area contributed by atoms with E-state index in [-0.39, 0.29) is 5.56 Å². The predicted molar refractivity (Wildman–Crippen MR) is 142 cm³/mol. The summed E-state index contributed by atoms with van der Waals surface area (Å²) in [6, 6.07) is 17.1. The highest BCUT2D eigenvalue weighted by molar-refractivity contribution is 7.99. The van der Waals surface area contributed by atoms with Gasteiger partial charge in [0.25, 0.3) is 0 Å². The molecule has 2 saturated heterocycles. The summed E-state index contributed by atoms with van der Waals surface area (Å²) < 4.78 is 16.4. The van der Waals surface area contributed by atoms with Crippen LogP contribution in [0.5, 0.6) is 0 Å². The second-order valence-corrected chi connectivity index (χ2v) is 10.4. The molecule has 0 amide bonds. The summed E-state index contributed by atoms with van der Waals surface area (Å²) in [4.78, 5) is 2.41. The number of nitriles is 1. The summed E-state index contributed by atoms with van der Waals surface area (Å²) in [7, 11) is 0. The van der Waals surface area contributed by atoms with E-state index in [1.807, 2.05) is 28.6 Å². The van der Waals surface area contributed by atoms with Gasteiger partial charge in [-0.15, -0.1) is 5.10 Å². The van der Waals surface area contributed by atoms with Crippen molar-refractivity contribution in [1.82, 2.24) is 15.1 Å². The van der Waals surface area contributed by atoms with Crippen LogP contribution >= 0.6 is 11.8 Å². The highest BCUT2D eigenvalue weighted by Gasteiger charge is 2.17. The second-order valence-electron chi connectivity index (χ2n) is 9.18. The minimum Gasteiger partial charge on any atom is -0.370 e. The third-order valence-electron chi connectivity index (χ3n) is 6.83. The summed E-state index contributed by atoms with van der Waals surface area (Å²) in [5.74, 6) is 3.17. The zero-order chi connectivity index (χ0) is 24.0. The van der Waals surface area contributed by atoms with E-state index >= 15 is 0 Å². The lowest BCUT2D eigenvalue weighted by molar-refractivity contribution is 0.496. The number of rotatable bonds is 6. The van der Waals surface area contributed by atoms with Crippen LogP contribution in [-0.4, -0.2) is 54.0 Å². The van der Waals surface area contributed by atoms with Crippen molar-refractivity contribution in [3.63, 3.8) is 0 Å². The largest absolute Gasteiger partial charge is 0.370 e. The summed E-state index contributed by atoms with van der Waals surface area (Å²) in [6.45, 7) is 5.13. The molecule has 0 saturated carbocycles. The Labute approximate surface area is 210 Å². The van der Waals surface area contributed by atoms with Gasteiger partial charge in [-0.25, -0.2) is 9.07 Å². The third-order valence-corrected chi connectivity index (χ3v) is 7.77. The number of thioether (sulfide) groups is 1. The predicted octanol–water partition coefficient (Wildman–Crippen LogP) is 4.90. The second kappa shape index (κ2) is 11.1. The maximum absolute atomic E-state index is 14.5. The summed E-state index contributed by atoms with van der Waals surface area (Å²) in [5.41, 5.74) is 3.67. The zero-order valence-electron chi connectivity index (χ0n) is 19.8. The molecule has 2 aliphatic heterocycles. The minimum absolute atomic E-state index is 0.0455. The first kappa shape index (κ1) is 23.7. The lowest BCUT2D eigenvalue weighted by Crippen LogP contribution is -2.32. The van der Waals surface area contributed by atoms with Gasteiger partial charge in [0.1, 0.15) is 17.7 Å². The Morgan fingerprint density at radius 1 is 1.06 bits per heavy atom. The number of aromatic nitrogens is 2. The number of halogens is 1. The number of nitrogens with zero attached hydrogens (tertiary/aromatic N) is 4. The minimum atomic E-state index is -0.517. The van der Waals surface area contributed by atoms with E-state index in [0.717, 1.165) is 67.8 Å². The van der Waals surface area contributed by atoms with Gasteiger partial charge in [-0.1, -0.05) is 6.07 Å². The molecule has 3 heterocycles. The first-order valence-electron chi connectivity index (χ1n) is 12.4. The average molecular weight is 491 g/mol. The van der Waals surface area contributed by atoms with Crippen molar-refractivity contribution in [2.45, 2.75) is 19.3 Å². The molecule has 2 aliphatic rings. The van der Waals surface area contributed by atoms with Crippen LogP contribution in [-0.2, 0) is 0 Å². The van der Waals surface area contributed by atoms with Gasteiger partial charge in [0.05, 0.1) is 16.9 Å². The summed E-state index contributed by atoms with van der Waals surface area (Å²) in [5, 5.41) is 21.0. The van der Waals surface area contributed by atoms with Gasteiger partial charge in [-0.2, -0.15) is 17.0 Å². The molecule has 182 valence electrons. The molecule has 0 spiro atoms. The van der Waals surface area contributed by atoms with E-state index in [4.69, 9.17) is 10.4 Å². The molecule has 2 N–H and O–H groups in total. The lowest BCUT2D eigenvalue weighted by atomic mass is 10.0. The molecule has 2 fully saturated rings. The molecule has 5 rings (SSSR count). The summed E-state index contributed by atoms with van der Waals surface area (Å²) in [6.07, 6.45) is 3.54. The smallest absolute Gasteiger partial charge is 0.149 e. The molecular weight excluding hydrogens is 459 g/mol. The maximum atomic E-state index is 14.5. The Bertz CT molecular complexity index is 1170. The Morgan fingerprint density at radius 3 is 2.63 bits per heavy atom. The molecule has 35 heavy (non-hydrogen) atoms. The quantitative estimate of drug-likeness (QED) is 0.512. The number of benzene rings is 2. The Hall–Kier alpha value is -3.02. The third kappa shape index (κ3) is 5.63. The van der Waals surface area contributed by atoms with Gasteiger partial charge < -0.3 is 15.5 Å². The van der Waals surface area contributed by atoms with Crippen LogP contribution in [0, 0.1) is 23.1 Å². The van der Waals surface area contributed by atoms with Crippen LogP contribution < -0.4 is 15.5 Å². The van der Waals surface area contributed by atoms with E-state index < -0.39 is 5.82 Å². The van der Waals surface area contributed by atoms with E-state index in [1.54, 1.807) is 6.07 Å². The van der Waals surface area contributed by atoms with E-state index in [0.29, 0.717) is 11.5 Å². The van der Waals surface area contributed by atoms with E-state index in [2.05, 4.69) is 39.8 Å². The zero-order valence-corrected chi connectivity index (χ0v) is 20.7. The molecule has 1 atom stereocenters. The number of anilines is 2. The standard InChI is InChI=1S/C27H31FN6S/c28-25-16-21(3-4-22(25)18-29)26-17-27(31-19-20-2-1-10-30-11-9-20)32-34(26)24-7-5-23(6-8-24)33-12-14-35-15-13-33/h3-8,16-17,20,30H,1-2,9-15,19H2,(H,31,32)/t20-/m1/s1. The Balaban J connectivity index is 1.43. The van der Waals surface area contributed by atoms with Crippen LogP contribution in [0.25, 0.3) is 16.9 Å². The van der Waals surface area contributed by atoms with Crippen molar-refractivity contribution in [1.29, 1.82) is 5.26 Å². The normalized spacial score (nSPS) is 18.6. The number of hydrogen-bond acceptors (Lipinski definition) is 6. The van der Waals surface area contributed by atoms with Crippen LogP contribution in [0.1, 0.15) is 24.8 Å². The molecule has 0 unspecified atom stereocenters. The molecular formula is C27H31FN6S. The van der Waals surface area contributed by atoms with Crippen molar-refractivity contribution in [3.8, 4) is 23.0 Å². The van der Waals surface area contributed by atoms with Gasteiger partial charge in [0.15, 0.2) is 0 Å².